The van der Waals surface area contributed by atoms with Gasteiger partial charge in [-0.15, -0.1) is 0 Å². The third-order valence-corrected chi connectivity index (χ3v) is 2.77. The molecular formula is C12H17FN6O. The van der Waals surface area contributed by atoms with E-state index in [0.29, 0.717) is 37.7 Å². The molecule has 2 rings (SSSR count). The van der Waals surface area contributed by atoms with Crippen LogP contribution in [0, 0.1) is 5.82 Å². The van der Waals surface area contributed by atoms with Gasteiger partial charge in [-0.3, -0.25) is 0 Å². The molecule has 8 heteroatoms. The van der Waals surface area contributed by atoms with Gasteiger partial charge in [0.15, 0.2) is 5.96 Å². The van der Waals surface area contributed by atoms with Gasteiger partial charge < -0.3 is 26.8 Å². The Balaban J connectivity index is 2.38. The van der Waals surface area contributed by atoms with E-state index in [9.17, 15) is 4.39 Å². The van der Waals surface area contributed by atoms with Gasteiger partial charge in [0.25, 0.3) is 0 Å². The fourth-order valence-corrected chi connectivity index (χ4v) is 1.97. The van der Waals surface area contributed by atoms with Crippen molar-refractivity contribution in [2.45, 2.75) is 0 Å². The molecule has 20 heavy (non-hydrogen) atoms. The molecule has 0 saturated carbocycles. The van der Waals surface area contributed by atoms with Crippen LogP contribution in [0.3, 0.4) is 0 Å². The standard InChI is InChI=1S/C12H17FN6O/c13-8-2-1-3-9(17-12(16)18-11(14)15)10(8)19-4-6-20-7-5-19/h1-3H,4-7H2,(H6,14,15,16,17,18). The number of guanidine groups is 2. The number of hydrogen-bond donors (Lipinski definition) is 3. The number of anilines is 1. The molecule has 1 aromatic carbocycles. The highest BCUT2D eigenvalue weighted by Gasteiger charge is 2.18. The van der Waals surface area contributed by atoms with Gasteiger partial charge in [0.1, 0.15) is 5.82 Å². The molecule has 1 aliphatic rings. The summed E-state index contributed by atoms with van der Waals surface area (Å²) in [5, 5.41) is 0. The number of nitrogens with two attached hydrogens (primary N) is 3. The van der Waals surface area contributed by atoms with Gasteiger partial charge in [-0.05, 0) is 12.1 Å². The molecule has 1 fully saturated rings. The van der Waals surface area contributed by atoms with Gasteiger partial charge in [0.05, 0.1) is 24.6 Å². The molecule has 1 heterocycles. The van der Waals surface area contributed by atoms with Crippen LogP contribution in [0.25, 0.3) is 0 Å². The Morgan fingerprint density at radius 3 is 2.55 bits per heavy atom. The minimum absolute atomic E-state index is 0.120. The molecule has 0 radical (unpaired) electrons. The lowest BCUT2D eigenvalue weighted by Crippen LogP contribution is -2.36. The Morgan fingerprint density at radius 2 is 1.90 bits per heavy atom. The van der Waals surface area contributed by atoms with E-state index in [4.69, 9.17) is 21.9 Å². The highest BCUT2D eigenvalue weighted by Crippen LogP contribution is 2.32. The molecule has 1 saturated heterocycles. The summed E-state index contributed by atoms with van der Waals surface area (Å²) in [6.45, 7) is 2.26. The van der Waals surface area contributed by atoms with Crippen molar-refractivity contribution in [3.05, 3.63) is 24.0 Å². The predicted molar refractivity (Wildman–Crippen MR) is 76.5 cm³/mol. The summed E-state index contributed by atoms with van der Waals surface area (Å²) in [4.78, 5) is 9.54. The van der Waals surface area contributed by atoms with Crippen LogP contribution in [0.1, 0.15) is 0 Å². The third-order valence-electron chi connectivity index (χ3n) is 2.77. The van der Waals surface area contributed by atoms with Crippen LogP contribution < -0.4 is 22.1 Å². The molecule has 6 N–H and O–H groups in total. The smallest absolute Gasteiger partial charge is 0.223 e. The van der Waals surface area contributed by atoms with Gasteiger partial charge in [-0.2, -0.15) is 4.99 Å². The maximum Gasteiger partial charge on any atom is 0.223 e. The van der Waals surface area contributed by atoms with E-state index in [0.717, 1.165) is 0 Å². The number of benzene rings is 1. The van der Waals surface area contributed by atoms with Crippen LogP contribution in [0.15, 0.2) is 28.2 Å². The number of aliphatic imine (C=N–C) groups is 2. The van der Waals surface area contributed by atoms with Crippen LogP contribution >= 0.6 is 0 Å². The SMILES string of the molecule is NC(N)=NC(N)=Nc1cccc(F)c1N1CCOCC1. The molecule has 0 unspecified atom stereocenters. The molecule has 0 bridgehead atoms. The van der Waals surface area contributed by atoms with Crippen LogP contribution in [-0.4, -0.2) is 38.2 Å². The molecule has 0 amide bonds. The van der Waals surface area contributed by atoms with Crippen LogP contribution in [0.2, 0.25) is 0 Å². The quantitative estimate of drug-likeness (QED) is 0.516. The van der Waals surface area contributed by atoms with E-state index in [1.54, 1.807) is 12.1 Å². The first kappa shape index (κ1) is 14.1. The molecule has 0 aromatic heterocycles. The highest BCUT2D eigenvalue weighted by atomic mass is 19.1. The van der Waals surface area contributed by atoms with E-state index in [-0.39, 0.29) is 17.7 Å². The zero-order chi connectivity index (χ0) is 14.5. The molecule has 0 atom stereocenters. The molecule has 7 nitrogen and oxygen atoms in total. The topological polar surface area (TPSA) is 115 Å². The Bertz CT molecular complexity index is 535. The second kappa shape index (κ2) is 6.20. The van der Waals surface area contributed by atoms with Crippen LogP contribution in [0.4, 0.5) is 15.8 Å². The lowest BCUT2D eigenvalue weighted by Gasteiger charge is -2.29. The normalized spacial score (nSPS) is 16.1. The summed E-state index contributed by atoms with van der Waals surface area (Å²) < 4.78 is 19.3. The molecule has 0 aliphatic carbocycles. The van der Waals surface area contributed by atoms with E-state index < -0.39 is 0 Å². The number of nitrogens with zero attached hydrogens (tertiary/aromatic N) is 3. The number of morpholine rings is 1. The minimum atomic E-state index is -0.370. The van der Waals surface area contributed by atoms with Gasteiger partial charge in [-0.1, -0.05) is 6.07 Å². The maximum atomic E-state index is 14.1. The lowest BCUT2D eigenvalue weighted by atomic mass is 10.2. The van der Waals surface area contributed by atoms with Crippen molar-refractivity contribution in [2.24, 2.45) is 27.2 Å². The first-order chi connectivity index (χ1) is 9.58. The summed E-state index contributed by atoms with van der Waals surface area (Å²) in [6.07, 6.45) is 0. The summed E-state index contributed by atoms with van der Waals surface area (Å²) >= 11 is 0. The fraction of sp³-hybridized carbons (Fsp3) is 0.333. The highest BCUT2D eigenvalue weighted by molar-refractivity contribution is 5.94. The maximum absolute atomic E-state index is 14.1. The number of para-hydroxylation sites is 1. The molecule has 1 aromatic rings. The van der Waals surface area contributed by atoms with Crippen molar-refractivity contribution in [3.63, 3.8) is 0 Å². The largest absolute Gasteiger partial charge is 0.378 e. The fourth-order valence-electron chi connectivity index (χ4n) is 1.97. The van der Waals surface area contributed by atoms with E-state index in [2.05, 4.69) is 9.98 Å². The van der Waals surface area contributed by atoms with Gasteiger partial charge >= 0.3 is 0 Å². The van der Waals surface area contributed by atoms with Crippen molar-refractivity contribution >= 4 is 23.3 Å². The van der Waals surface area contributed by atoms with Gasteiger partial charge in [0.2, 0.25) is 5.96 Å². The summed E-state index contributed by atoms with van der Waals surface area (Å²) in [7, 11) is 0. The van der Waals surface area contributed by atoms with Crippen LogP contribution in [-0.2, 0) is 4.74 Å². The Kier molecular flexibility index (Phi) is 4.36. The van der Waals surface area contributed by atoms with Crippen molar-refractivity contribution in [1.82, 2.24) is 0 Å². The zero-order valence-electron chi connectivity index (χ0n) is 10.9. The second-order valence-electron chi connectivity index (χ2n) is 4.21. The number of halogens is 1. The van der Waals surface area contributed by atoms with Gasteiger partial charge in [-0.25, -0.2) is 9.38 Å². The monoisotopic (exact) mass is 280 g/mol. The van der Waals surface area contributed by atoms with Crippen molar-refractivity contribution in [2.75, 3.05) is 31.2 Å². The molecule has 108 valence electrons. The molecule has 1 aliphatic heterocycles. The average Bonchev–Trinajstić information content (AvgIpc) is 2.39. The van der Waals surface area contributed by atoms with E-state index in [1.807, 2.05) is 4.90 Å². The predicted octanol–water partition coefficient (Wildman–Crippen LogP) is -0.118. The number of ether oxygens (including phenoxy) is 1. The Morgan fingerprint density at radius 1 is 1.20 bits per heavy atom. The Labute approximate surface area is 115 Å². The summed E-state index contributed by atoms with van der Waals surface area (Å²) in [5.41, 5.74) is 16.8. The first-order valence-corrected chi connectivity index (χ1v) is 6.13. The molecular weight excluding hydrogens is 263 g/mol. The summed E-state index contributed by atoms with van der Waals surface area (Å²) in [6, 6.07) is 4.59. The summed E-state index contributed by atoms with van der Waals surface area (Å²) in [5.74, 6) is -0.689. The number of rotatable bonds is 2. The average molecular weight is 280 g/mol. The Hall–Kier alpha value is -2.35. The zero-order valence-corrected chi connectivity index (χ0v) is 10.9. The van der Waals surface area contributed by atoms with E-state index in [1.165, 1.54) is 6.07 Å². The van der Waals surface area contributed by atoms with Crippen LogP contribution in [0.5, 0.6) is 0 Å². The number of hydrogen-bond acceptors (Lipinski definition) is 3. The minimum Gasteiger partial charge on any atom is -0.378 e. The van der Waals surface area contributed by atoms with Gasteiger partial charge in [0, 0.05) is 13.1 Å². The van der Waals surface area contributed by atoms with Crippen molar-refractivity contribution in [3.8, 4) is 0 Å². The second-order valence-corrected chi connectivity index (χ2v) is 4.21. The lowest BCUT2D eigenvalue weighted by molar-refractivity contribution is 0.122. The third kappa shape index (κ3) is 3.35. The van der Waals surface area contributed by atoms with Crippen molar-refractivity contribution in [1.29, 1.82) is 0 Å². The van der Waals surface area contributed by atoms with E-state index >= 15 is 0 Å². The first-order valence-electron chi connectivity index (χ1n) is 6.13. The molecule has 0 spiro atoms. The van der Waals surface area contributed by atoms with Crippen molar-refractivity contribution < 1.29 is 9.13 Å².